The first-order chi connectivity index (χ1) is 3.42. The minimum atomic E-state index is -0.367. The number of nitrogens with zero attached hydrogens (tertiary/aromatic N) is 1. The van der Waals surface area contributed by atoms with Crippen LogP contribution in [-0.4, -0.2) is 14.5 Å². The van der Waals surface area contributed by atoms with Crippen LogP contribution in [0.5, 0.6) is 0 Å². The average molecular weight is 129 g/mol. The molecule has 0 amide bonds. The van der Waals surface area contributed by atoms with E-state index in [2.05, 4.69) is 38.8 Å². The average Bonchev–Trinajstić information content (AvgIpc) is 1.21. The zero-order valence-corrected chi connectivity index (χ0v) is 7.45. The van der Waals surface area contributed by atoms with Gasteiger partial charge in [-0.05, 0) is 20.8 Å². The van der Waals surface area contributed by atoms with Gasteiger partial charge in [0.2, 0.25) is 0 Å². The monoisotopic (exact) mass is 129 g/mol. The lowest BCUT2D eigenvalue weighted by atomic mass is 10.1. The normalized spacial score (nSPS) is 12.8. The third-order valence-electron chi connectivity index (χ3n) is 0.559. The first-order valence-corrected chi connectivity index (χ1v) is 5.39. The Labute approximate surface area is 54.2 Å². The molecule has 0 aromatic carbocycles. The maximum Gasteiger partial charge on any atom is 0.149 e. The van der Waals surface area contributed by atoms with Crippen LogP contribution in [0.25, 0.3) is 0 Å². The van der Waals surface area contributed by atoms with Crippen molar-refractivity contribution in [1.29, 1.82) is 0 Å². The van der Waals surface area contributed by atoms with E-state index in [0.717, 1.165) is 0 Å². The van der Waals surface area contributed by atoms with E-state index in [-0.39, 0.29) is 14.5 Å². The van der Waals surface area contributed by atoms with Crippen LogP contribution in [-0.2, 0) is 0 Å². The van der Waals surface area contributed by atoms with Crippen molar-refractivity contribution in [2.24, 2.45) is 0 Å². The van der Waals surface area contributed by atoms with Crippen molar-refractivity contribution in [2.45, 2.75) is 39.4 Å². The molecule has 0 aliphatic rings. The van der Waals surface area contributed by atoms with Gasteiger partial charge in [0.05, 0.1) is 0 Å². The van der Waals surface area contributed by atoms with E-state index in [9.17, 15) is 0 Å². The molecule has 1 nitrogen and oxygen atoms in total. The third kappa shape index (κ3) is 6.18. The van der Waals surface area contributed by atoms with Gasteiger partial charge in [0, 0.05) is 5.54 Å². The number of rotatable bonds is 1. The number of hydrogen-bond donors (Lipinski definition) is 0. The van der Waals surface area contributed by atoms with E-state index in [1.54, 1.807) is 0 Å². The molecule has 0 aliphatic carbocycles. The summed E-state index contributed by atoms with van der Waals surface area (Å²) in [5.74, 6) is 0. The van der Waals surface area contributed by atoms with E-state index >= 15 is 0 Å². The second-order valence-corrected chi connectivity index (χ2v) is 5.35. The van der Waals surface area contributed by atoms with Crippen molar-refractivity contribution in [3.63, 3.8) is 0 Å². The summed E-state index contributed by atoms with van der Waals surface area (Å²) in [6.07, 6.45) is 0. The molecule has 0 fully saturated rings. The SMILES string of the molecule is C[Si](C)[N]C(C)(C)C. The molecule has 0 aromatic rings. The van der Waals surface area contributed by atoms with Crippen LogP contribution < -0.4 is 4.98 Å². The standard InChI is InChI=1S/C6H15NSi/c1-6(2,3)7-8(4)5/h1-5H3. The molecule has 0 unspecified atom stereocenters. The summed E-state index contributed by atoms with van der Waals surface area (Å²) in [6, 6.07) is 0. The minimum Gasteiger partial charge on any atom is -0.266 e. The highest BCUT2D eigenvalue weighted by Crippen LogP contribution is 2.01. The zero-order chi connectivity index (χ0) is 6.78. The Kier molecular flexibility index (Phi) is 2.70. The lowest BCUT2D eigenvalue weighted by Crippen LogP contribution is -2.36. The summed E-state index contributed by atoms with van der Waals surface area (Å²) < 4.78 is 0. The van der Waals surface area contributed by atoms with Gasteiger partial charge in [-0.15, -0.1) is 0 Å². The van der Waals surface area contributed by atoms with Gasteiger partial charge in [0.1, 0.15) is 8.96 Å². The van der Waals surface area contributed by atoms with Crippen LogP contribution in [0.2, 0.25) is 13.1 Å². The van der Waals surface area contributed by atoms with E-state index in [1.165, 1.54) is 0 Å². The second-order valence-electron chi connectivity index (χ2n) is 3.23. The van der Waals surface area contributed by atoms with Gasteiger partial charge in [-0.2, -0.15) is 0 Å². The summed E-state index contributed by atoms with van der Waals surface area (Å²) in [6.45, 7) is 10.8. The van der Waals surface area contributed by atoms with Crippen molar-refractivity contribution in [1.82, 2.24) is 4.98 Å². The van der Waals surface area contributed by atoms with Gasteiger partial charge in [-0.3, -0.25) is 4.98 Å². The predicted octanol–water partition coefficient (Wildman–Crippen LogP) is 1.64. The van der Waals surface area contributed by atoms with Crippen LogP contribution in [0.4, 0.5) is 0 Å². The van der Waals surface area contributed by atoms with Crippen LogP contribution in [0.3, 0.4) is 0 Å². The predicted molar refractivity (Wildman–Crippen MR) is 39.4 cm³/mol. The molecule has 48 valence electrons. The molecule has 0 spiro atoms. The first-order valence-electron chi connectivity index (χ1n) is 2.95. The summed E-state index contributed by atoms with van der Waals surface area (Å²) in [5.41, 5.74) is 0.192. The zero-order valence-electron chi connectivity index (χ0n) is 6.45. The Morgan fingerprint density at radius 1 is 1.12 bits per heavy atom. The van der Waals surface area contributed by atoms with Crippen molar-refractivity contribution in [2.75, 3.05) is 0 Å². The smallest absolute Gasteiger partial charge is 0.149 e. The molecule has 0 rings (SSSR count). The molecule has 2 radical (unpaired) electrons. The van der Waals surface area contributed by atoms with E-state index in [0.29, 0.717) is 0 Å². The fourth-order valence-corrected chi connectivity index (χ4v) is 2.01. The fraction of sp³-hybridized carbons (Fsp3) is 1.00. The molecule has 0 atom stereocenters. The summed E-state index contributed by atoms with van der Waals surface area (Å²) in [5, 5.41) is 0. The number of hydrogen-bond acceptors (Lipinski definition) is 0. The Balaban J connectivity index is 3.39. The van der Waals surface area contributed by atoms with Gasteiger partial charge in [-0.25, -0.2) is 0 Å². The molecule has 0 heterocycles. The highest BCUT2D eigenvalue weighted by Gasteiger charge is 2.12. The van der Waals surface area contributed by atoms with E-state index in [1.807, 2.05) is 0 Å². The van der Waals surface area contributed by atoms with Crippen LogP contribution >= 0.6 is 0 Å². The van der Waals surface area contributed by atoms with Gasteiger partial charge >= 0.3 is 0 Å². The molecule has 0 saturated heterocycles. The van der Waals surface area contributed by atoms with Gasteiger partial charge in [0.25, 0.3) is 0 Å². The van der Waals surface area contributed by atoms with Crippen molar-refractivity contribution in [3.05, 3.63) is 0 Å². The van der Waals surface area contributed by atoms with Gasteiger partial charge in [-0.1, -0.05) is 13.1 Å². The summed E-state index contributed by atoms with van der Waals surface area (Å²) >= 11 is 0. The Bertz CT molecular complexity index is 63.4. The van der Waals surface area contributed by atoms with Crippen molar-refractivity contribution >= 4 is 8.96 Å². The molecule has 0 bridgehead atoms. The van der Waals surface area contributed by atoms with E-state index < -0.39 is 0 Å². The Morgan fingerprint density at radius 3 is 1.50 bits per heavy atom. The molecule has 8 heavy (non-hydrogen) atoms. The van der Waals surface area contributed by atoms with Gasteiger partial charge < -0.3 is 0 Å². The first kappa shape index (κ1) is 8.18. The quantitative estimate of drug-likeness (QED) is 0.478. The molecule has 0 aromatic heterocycles. The van der Waals surface area contributed by atoms with Crippen LogP contribution in [0.1, 0.15) is 20.8 Å². The molecule has 0 N–H and O–H groups in total. The Morgan fingerprint density at radius 2 is 1.50 bits per heavy atom. The molecule has 0 saturated carbocycles. The molecular weight excluding hydrogens is 114 g/mol. The maximum absolute atomic E-state index is 4.51. The summed E-state index contributed by atoms with van der Waals surface area (Å²) in [7, 11) is -0.367. The highest BCUT2D eigenvalue weighted by molar-refractivity contribution is 6.52. The second kappa shape index (κ2) is 2.64. The molecule has 2 heteroatoms. The minimum absolute atomic E-state index is 0.192. The third-order valence-corrected chi connectivity index (χ3v) is 1.68. The Hall–Kier alpha value is 0.177. The van der Waals surface area contributed by atoms with Gasteiger partial charge in [0.15, 0.2) is 0 Å². The topological polar surface area (TPSA) is 14.1 Å². The van der Waals surface area contributed by atoms with Crippen LogP contribution in [0.15, 0.2) is 0 Å². The van der Waals surface area contributed by atoms with Crippen LogP contribution in [0, 0.1) is 0 Å². The lowest BCUT2D eigenvalue weighted by Gasteiger charge is -2.19. The fourth-order valence-electron chi connectivity index (χ4n) is 0.671. The maximum atomic E-state index is 4.51. The van der Waals surface area contributed by atoms with E-state index in [4.69, 9.17) is 0 Å². The van der Waals surface area contributed by atoms with Crippen molar-refractivity contribution in [3.8, 4) is 0 Å². The molecule has 0 aliphatic heterocycles. The lowest BCUT2D eigenvalue weighted by molar-refractivity contribution is 0.511. The highest BCUT2D eigenvalue weighted by atomic mass is 28.3. The molecular formula is C6H15NSi. The largest absolute Gasteiger partial charge is 0.266 e. The summed E-state index contributed by atoms with van der Waals surface area (Å²) in [4.78, 5) is 4.51. The van der Waals surface area contributed by atoms with Crippen molar-refractivity contribution < 1.29 is 0 Å².